The zero-order valence-corrected chi connectivity index (χ0v) is 11.1. The zero-order valence-electron chi connectivity index (χ0n) is 11.1. The van der Waals surface area contributed by atoms with Gasteiger partial charge in [-0.2, -0.15) is 5.10 Å². The maximum absolute atomic E-state index is 8.84. The van der Waals surface area contributed by atoms with Crippen LogP contribution in [0.5, 0.6) is 5.88 Å². The SMILES string of the molecule is Cc1nnc(OCC2CCCO2)c(/C(N)=N/O)c1C. The Bertz CT molecular complexity index is 484. The lowest BCUT2D eigenvalue weighted by Gasteiger charge is -2.14. The number of rotatable bonds is 4. The van der Waals surface area contributed by atoms with Crippen molar-refractivity contribution in [1.82, 2.24) is 10.2 Å². The summed E-state index contributed by atoms with van der Waals surface area (Å²) in [6, 6.07) is 0. The van der Waals surface area contributed by atoms with Gasteiger partial charge in [0.1, 0.15) is 6.61 Å². The van der Waals surface area contributed by atoms with Gasteiger partial charge < -0.3 is 20.4 Å². The number of amidine groups is 1. The van der Waals surface area contributed by atoms with Crippen LogP contribution in [-0.4, -0.2) is 40.6 Å². The molecule has 7 nitrogen and oxygen atoms in total. The standard InChI is InChI=1S/C12H18N4O3/c1-7-8(2)14-15-12(10(7)11(13)16-17)19-6-9-4-3-5-18-9/h9,17H,3-6H2,1-2H3,(H2,13,16). The van der Waals surface area contributed by atoms with Crippen LogP contribution in [0.15, 0.2) is 5.16 Å². The van der Waals surface area contributed by atoms with E-state index >= 15 is 0 Å². The largest absolute Gasteiger partial charge is 0.473 e. The molecule has 2 heterocycles. The first-order valence-electron chi connectivity index (χ1n) is 6.19. The predicted molar refractivity (Wildman–Crippen MR) is 68.5 cm³/mol. The van der Waals surface area contributed by atoms with Crippen molar-refractivity contribution in [2.24, 2.45) is 10.9 Å². The lowest BCUT2D eigenvalue weighted by atomic mass is 10.1. The van der Waals surface area contributed by atoms with Crippen molar-refractivity contribution in [2.75, 3.05) is 13.2 Å². The first-order chi connectivity index (χ1) is 9.13. The Morgan fingerprint density at radius 2 is 2.32 bits per heavy atom. The molecule has 0 amide bonds. The number of hydrogen-bond donors (Lipinski definition) is 2. The summed E-state index contributed by atoms with van der Waals surface area (Å²) >= 11 is 0. The maximum atomic E-state index is 8.84. The third-order valence-corrected chi connectivity index (χ3v) is 3.22. The first kappa shape index (κ1) is 13.5. The van der Waals surface area contributed by atoms with Crippen molar-refractivity contribution in [1.29, 1.82) is 0 Å². The average Bonchev–Trinajstić information content (AvgIpc) is 2.92. The molecule has 0 bridgehead atoms. The Hall–Kier alpha value is -1.89. The highest BCUT2D eigenvalue weighted by molar-refractivity contribution is 6.00. The van der Waals surface area contributed by atoms with Crippen molar-refractivity contribution in [3.63, 3.8) is 0 Å². The van der Waals surface area contributed by atoms with E-state index in [4.69, 9.17) is 20.4 Å². The molecule has 0 aromatic carbocycles. The van der Waals surface area contributed by atoms with Gasteiger partial charge in [-0.25, -0.2) is 0 Å². The Morgan fingerprint density at radius 1 is 1.53 bits per heavy atom. The van der Waals surface area contributed by atoms with Crippen molar-refractivity contribution in [3.8, 4) is 5.88 Å². The molecule has 1 aliphatic rings. The van der Waals surface area contributed by atoms with Crippen LogP contribution in [0.2, 0.25) is 0 Å². The highest BCUT2D eigenvalue weighted by Gasteiger charge is 2.20. The molecule has 3 N–H and O–H groups in total. The minimum absolute atomic E-state index is 0.0298. The molecular weight excluding hydrogens is 248 g/mol. The molecule has 7 heteroatoms. The molecule has 1 unspecified atom stereocenters. The van der Waals surface area contributed by atoms with Crippen molar-refractivity contribution in [2.45, 2.75) is 32.8 Å². The van der Waals surface area contributed by atoms with Crippen LogP contribution in [0.3, 0.4) is 0 Å². The number of aromatic nitrogens is 2. The van der Waals surface area contributed by atoms with Crippen LogP contribution in [-0.2, 0) is 4.74 Å². The third-order valence-electron chi connectivity index (χ3n) is 3.22. The van der Waals surface area contributed by atoms with Gasteiger partial charge in [-0.15, -0.1) is 5.10 Å². The molecule has 0 spiro atoms. The molecule has 104 valence electrons. The van der Waals surface area contributed by atoms with Gasteiger partial charge in [0, 0.05) is 6.61 Å². The van der Waals surface area contributed by atoms with Gasteiger partial charge in [-0.3, -0.25) is 0 Å². The quantitative estimate of drug-likeness (QED) is 0.361. The van der Waals surface area contributed by atoms with E-state index in [-0.39, 0.29) is 17.8 Å². The van der Waals surface area contributed by atoms with E-state index in [0.29, 0.717) is 17.9 Å². The fourth-order valence-corrected chi connectivity index (χ4v) is 1.99. The van der Waals surface area contributed by atoms with Crippen LogP contribution in [0.4, 0.5) is 0 Å². The van der Waals surface area contributed by atoms with Crippen LogP contribution in [0, 0.1) is 13.8 Å². The van der Waals surface area contributed by atoms with Crippen molar-refractivity contribution >= 4 is 5.84 Å². The molecule has 1 fully saturated rings. The monoisotopic (exact) mass is 266 g/mol. The lowest BCUT2D eigenvalue weighted by Crippen LogP contribution is -2.22. The van der Waals surface area contributed by atoms with Crippen molar-refractivity contribution in [3.05, 3.63) is 16.8 Å². The van der Waals surface area contributed by atoms with Gasteiger partial charge in [0.15, 0.2) is 5.84 Å². The van der Waals surface area contributed by atoms with E-state index in [1.807, 2.05) is 6.92 Å². The Morgan fingerprint density at radius 3 is 2.95 bits per heavy atom. The fraction of sp³-hybridized carbons (Fsp3) is 0.583. The molecule has 1 saturated heterocycles. The molecule has 0 saturated carbocycles. The van der Waals surface area contributed by atoms with Gasteiger partial charge in [-0.1, -0.05) is 5.16 Å². The van der Waals surface area contributed by atoms with Crippen LogP contribution in [0.25, 0.3) is 0 Å². The third kappa shape index (κ3) is 2.93. The summed E-state index contributed by atoms with van der Waals surface area (Å²) in [5.74, 6) is 0.242. The molecule has 0 aliphatic carbocycles. The van der Waals surface area contributed by atoms with Gasteiger partial charge >= 0.3 is 0 Å². The van der Waals surface area contributed by atoms with E-state index in [2.05, 4.69) is 15.4 Å². The fourth-order valence-electron chi connectivity index (χ4n) is 1.99. The molecule has 1 aliphatic heterocycles. The average molecular weight is 266 g/mol. The number of nitrogens with two attached hydrogens (primary N) is 1. The van der Waals surface area contributed by atoms with Gasteiger partial charge in [-0.05, 0) is 32.3 Å². The number of nitrogens with zero attached hydrogens (tertiary/aromatic N) is 3. The highest BCUT2D eigenvalue weighted by Crippen LogP contribution is 2.21. The van der Waals surface area contributed by atoms with Gasteiger partial charge in [0.25, 0.3) is 0 Å². The first-order valence-corrected chi connectivity index (χ1v) is 6.19. The van der Waals surface area contributed by atoms with E-state index in [9.17, 15) is 0 Å². The second kappa shape index (κ2) is 5.83. The summed E-state index contributed by atoms with van der Waals surface area (Å²) < 4.78 is 11.1. The topological polar surface area (TPSA) is 103 Å². The Labute approximate surface area is 111 Å². The van der Waals surface area contributed by atoms with Crippen LogP contribution >= 0.6 is 0 Å². The summed E-state index contributed by atoms with van der Waals surface area (Å²) in [6.07, 6.45) is 2.08. The second-order valence-electron chi connectivity index (χ2n) is 4.52. The Balaban J connectivity index is 2.21. The number of aryl methyl sites for hydroxylation is 1. The number of ether oxygens (including phenoxy) is 2. The number of hydrogen-bond acceptors (Lipinski definition) is 6. The van der Waals surface area contributed by atoms with Crippen LogP contribution in [0.1, 0.15) is 29.7 Å². The number of oxime groups is 1. The van der Waals surface area contributed by atoms with Gasteiger partial charge in [0.2, 0.25) is 5.88 Å². The minimum atomic E-state index is -0.0298. The highest BCUT2D eigenvalue weighted by atomic mass is 16.5. The maximum Gasteiger partial charge on any atom is 0.245 e. The molecule has 1 atom stereocenters. The summed E-state index contributed by atoms with van der Waals surface area (Å²) in [5, 5.41) is 19.8. The van der Waals surface area contributed by atoms with E-state index in [1.54, 1.807) is 6.92 Å². The van der Waals surface area contributed by atoms with E-state index in [0.717, 1.165) is 25.0 Å². The molecular formula is C12H18N4O3. The van der Waals surface area contributed by atoms with Crippen LogP contribution < -0.4 is 10.5 Å². The molecule has 2 rings (SSSR count). The normalized spacial score (nSPS) is 19.7. The summed E-state index contributed by atoms with van der Waals surface area (Å²) in [5.41, 5.74) is 7.65. The summed E-state index contributed by atoms with van der Waals surface area (Å²) in [7, 11) is 0. The predicted octanol–water partition coefficient (Wildman–Crippen LogP) is 0.746. The smallest absolute Gasteiger partial charge is 0.245 e. The van der Waals surface area contributed by atoms with Crippen molar-refractivity contribution < 1.29 is 14.7 Å². The van der Waals surface area contributed by atoms with Gasteiger partial charge in [0.05, 0.1) is 17.4 Å². The Kier molecular flexibility index (Phi) is 4.16. The molecule has 1 aromatic rings. The molecule has 0 radical (unpaired) electrons. The molecule has 1 aromatic heterocycles. The second-order valence-corrected chi connectivity index (χ2v) is 4.52. The minimum Gasteiger partial charge on any atom is -0.473 e. The lowest BCUT2D eigenvalue weighted by molar-refractivity contribution is 0.0658. The summed E-state index contributed by atoms with van der Waals surface area (Å²) in [4.78, 5) is 0. The van der Waals surface area contributed by atoms with E-state index < -0.39 is 0 Å². The summed E-state index contributed by atoms with van der Waals surface area (Å²) in [6.45, 7) is 4.79. The zero-order chi connectivity index (χ0) is 13.8. The molecule has 19 heavy (non-hydrogen) atoms. The van der Waals surface area contributed by atoms with E-state index in [1.165, 1.54) is 0 Å².